The summed E-state index contributed by atoms with van der Waals surface area (Å²) in [7, 11) is 0. The Bertz CT molecular complexity index is 1080. The summed E-state index contributed by atoms with van der Waals surface area (Å²) < 4.78 is 12.4. The summed E-state index contributed by atoms with van der Waals surface area (Å²) in [5, 5.41) is -0.309. The van der Waals surface area contributed by atoms with Gasteiger partial charge in [-0.1, -0.05) is 46.3 Å². The summed E-state index contributed by atoms with van der Waals surface area (Å²) in [6, 6.07) is 20.6. The Hall–Kier alpha value is -2.77. The molecule has 4 rings (SSSR count). The van der Waals surface area contributed by atoms with Crippen LogP contribution in [0.1, 0.15) is 5.76 Å². The molecule has 0 N–H and O–H groups in total. The first-order chi connectivity index (χ1) is 14.1. The van der Waals surface area contributed by atoms with Gasteiger partial charge in [0.05, 0.1) is 11.4 Å². The van der Waals surface area contributed by atoms with Crippen molar-refractivity contribution in [1.82, 2.24) is 4.90 Å². The number of carbonyl (C=O) groups is 2. The van der Waals surface area contributed by atoms with Gasteiger partial charge in [0.25, 0.3) is 11.1 Å². The van der Waals surface area contributed by atoms with E-state index in [1.807, 2.05) is 60.7 Å². The minimum Gasteiger partial charge on any atom is -0.492 e. The molecule has 1 aliphatic heterocycles. The Balaban J connectivity index is 1.42. The van der Waals surface area contributed by atoms with E-state index in [1.54, 1.807) is 12.1 Å². The van der Waals surface area contributed by atoms with Crippen LogP contribution in [0.3, 0.4) is 0 Å². The summed E-state index contributed by atoms with van der Waals surface area (Å²) in [5.41, 5.74) is 0.921. The molecule has 7 heteroatoms. The molecule has 0 saturated carbocycles. The highest BCUT2D eigenvalue weighted by molar-refractivity contribution is 9.10. The van der Waals surface area contributed by atoms with Gasteiger partial charge in [0, 0.05) is 16.1 Å². The average Bonchev–Trinajstić information content (AvgIpc) is 3.29. The van der Waals surface area contributed by atoms with Gasteiger partial charge in [0.15, 0.2) is 0 Å². The molecule has 0 bridgehead atoms. The molecule has 0 unspecified atom stereocenters. The molecule has 0 aliphatic carbocycles. The topological polar surface area (TPSA) is 59.8 Å². The number of thioether (sulfide) groups is 1. The summed E-state index contributed by atoms with van der Waals surface area (Å²) in [5.74, 6) is 1.57. The van der Waals surface area contributed by atoms with E-state index in [1.165, 1.54) is 4.90 Å². The van der Waals surface area contributed by atoms with Gasteiger partial charge in [-0.05, 0) is 48.2 Å². The zero-order valence-corrected chi connectivity index (χ0v) is 17.6. The van der Waals surface area contributed by atoms with Crippen LogP contribution in [0.5, 0.6) is 5.75 Å². The predicted octanol–water partition coefficient (Wildman–Crippen LogP) is 5.82. The van der Waals surface area contributed by atoms with E-state index in [2.05, 4.69) is 15.9 Å². The fraction of sp³-hybridized carbons (Fsp3) is 0.0909. The van der Waals surface area contributed by atoms with Crippen molar-refractivity contribution in [3.05, 3.63) is 81.9 Å². The maximum atomic E-state index is 12.6. The van der Waals surface area contributed by atoms with Crippen molar-refractivity contribution in [2.45, 2.75) is 0 Å². The molecule has 0 atom stereocenters. The normalized spacial score (nSPS) is 15.3. The van der Waals surface area contributed by atoms with Gasteiger partial charge in [0.1, 0.15) is 23.9 Å². The van der Waals surface area contributed by atoms with Crippen molar-refractivity contribution in [3.8, 4) is 17.1 Å². The van der Waals surface area contributed by atoms with E-state index >= 15 is 0 Å². The second-order valence-electron chi connectivity index (χ2n) is 6.21. The van der Waals surface area contributed by atoms with Gasteiger partial charge in [-0.3, -0.25) is 14.5 Å². The minimum absolute atomic E-state index is 0.193. The number of carbonyl (C=O) groups excluding carboxylic acids is 2. The zero-order valence-electron chi connectivity index (χ0n) is 15.2. The first kappa shape index (κ1) is 19.5. The number of amides is 2. The number of rotatable bonds is 6. The second-order valence-corrected chi connectivity index (χ2v) is 8.12. The lowest BCUT2D eigenvalue weighted by atomic mass is 10.2. The van der Waals surface area contributed by atoms with Crippen molar-refractivity contribution in [3.63, 3.8) is 0 Å². The summed E-state index contributed by atoms with van der Waals surface area (Å²) in [6.07, 6.45) is 1.60. The number of para-hydroxylation sites is 1. The zero-order chi connectivity index (χ0) is 20.2. The number of halogens is 1. The minimum atomic E-state index is -0.336. The molecule has 1 fully saturated rings. The molecule has 0 radical (unpaired) electrons. The van der Waals surface area contributed by atoms with Crippen molar-refractivity contribution < 1.29 is 18.7 Å². The molecule has 29 heavy (non-hydrogen) atoms. The first-order valence-corrected chi connectivity index (χ1v) is 10.5. The summed E-state index contributed by atoms with van der Waals surface area (Å²) in [6.45, 7) is 0.432. The van der Waals surface area contributed by atoms with Crippen LogP contribution in [0.25, 0.3) is 17.4 Å². The molecule has 2 aromatic carbocycles. The van der Waals surface area contributed by atoms with Crippen LogP contribution in [0, 0.1) is 0 Å². The van der Waals surface area contributed by atoms with Crippen LogP contribution in [0.15, 0.2) is 80.5 Å². The fourth-order valence-corrected chi connectivity index (χ4v) is 4.07. The van der Waals surface area contributed by atoms with E-state index in [4.69, 9.17) is 9.15 Å². The van der Waals surface area contributed by atoms with Crippen molar-refractivity contribution in [2.75, 3.05) is 13.2 Å². The molecule has 1 aliphatic rings. The Kier molecular flexibility index (Phi) is 5.87. The molecule has 5 nitrogen and oxygen atoms in total. The van der Waals surface area contributed by atoms with Gasteiger partial charge >= 0.3 is 0 Å². The third-order valence-electron chi connectivity index (χ3n) is 4.21. The van der Waals surface area contributed by atoms with Crippen molar-refractivity contribution in [2.24, 2.45) is 0 Å². The lowest BCUT2D eigenvalue weighted by Crippen LogP contribution is -2.32. The predicted molar refractivity (Wildman–Crippen MR) is 116 cm³/mol. The van der Waals surface area contributed by atoms with Crippen molar-refractivity contribution in [1.29, 1.82) is 0 Å². The fourth-order valence-electron chi connectivity index (χ4n) is 2.82. The summed E-state index contributed by atoms with van der Waals surface area (Å²) in [4.78, 5) is 26.4. The Morgan fingerprint density at radius 2 is 1.86 bits per heavy atom. The molecule has 3 aromatic rings. The van der Waals surface area contributed by atoms with E-state index < -0.39 is 0 Å². The lowest BCUT2D eigenvalue weighted by molar-refractivity contribution is -0.123. The van der Waals surface area contributed by atoms with Crippen LogP contribution in [-0.4, -0.2) is 29.2 Å². The molecular formula is C22H16BrNO4S. The van der Waals surface area contributed by atoms with E-state index in [0.717, 1.165) is 21.8 Å². The van der Waals surface area contributed by atoms with E-state index in [9.17, 15) is 9.59 Å². The Labute approximate surface area is 180 Å². The third kappa shape index (κ3) is 4.63. The summed E-state index contributed by atoms with van der Waals surface area (Å²) >= 11 is 4.34. The van der Waals surface area contributed by atoms with Crippen LogP contribution in [-0.2, 0) is 4.79 Å². The number of furan rings is 1. The molecule has 1 saturated heterocycles. The number of hydrogen-bond donors (Lipinski definition) is 0. The number of hydrogen-bond acceptors (Lipinski definition) is 5. The number of imide groups is 1. The van der Waals surface area contributed by atoms with E-state index in [0.29, 0.717) is 22.2 Å². The van der Waals surface area contributed by atoms with Crippen LogP contribution < -0.4 is 4.74 Å². The molecule has 1 aromatic heterocycles. The number of benzene rings is 2. The maximum absolute atomic E-state index is 12.6. The second kappa shape index (κ2) is 8.71. The van der Waals surface area contributed by atoms with Crippen LogP contribution in [0.2, 0.25) is 0 Å². The van der Waals surface area contributed by atoms with Gasteiger partial charge in [-0.2, -0.15) is 0 Å². The quantitative estimate of drug-likeness (QED) is 0.425. The highest BCUT2D eigenvalue weighted by Crippen LogP contribution is 2.33. The van der Waals surface area contributed by atoms with Gasteiger partial charge in [0.2, 0.25) is 0 Å². The molecule has 2 amide bonds. The standard InChI is InChI=1S/C22H16BrNO4S/c23-16-6-4-5-15(13-16)19-10-9-18(28-19)14-20-21(25)24(22(26)29-20)11-12-27-17-7-2-1-3-8-17/h1-10,13-14H,11-12H2/b20-14-. The highest BCUT2D eigenvalue weighted by Gasteiger charge is 2.35. The SMILES string of the molecule is O=C1S/C(=C\c2ccc(-c3cccc(Br)c3)o2)C(=O)N1CCOc1ccccc1. The van der Waals surface area contributed by atoms with Crippen LogP contribution >= 0.6 is 27.7 Å². The number of ether oxygens (including phenoxy) is 1. The lowest BCUT2D eigenvalue weighted by Gasteiger charge is -2.13. The Morgan fingerprint density at radius 3 is 2.66 bits per heavy atom. The van der Waals surface area contributed by atoms with Gasteiger partial charge < -0.3 is 9.15 Å². The van der Waals surface area contributed by atoms with Crippen LogP contribution in [0.4, 0.5) is 4.79 Å². The smallest absolute Gasteiger partial charge is 0.293 e. The monoisotopic (exact) mass is 469 g/mol. The average molecular weight is 470 g/mol. The Morgan fingerprint density at radius 1 is 1.03 bits per heavy atom. The largest absolute Gasteiger partial charge is 0.492 e. The molecular weight excluding hydrogens is 454 g/mol. The maximum Gasteiger partial charge on any atom is 0.293 e. The highest BCUT2D eigenvalue weighted by atomic mass is 79.9. The molecule has 146 valence electrons. The molecule has 0 spiro atoms. The third-order valence-corrected chi connectivity index (χ3v) is 5.61. The molecule has 2 heterocycles. The van der Waals surface area contributed by atoms with Crippen molar-refractivity contribution >= 4 is 44.9 Å². The number of nitrogens with zero attached hydrogens (tertiary/aromatic N) is 1. The first-order valence-electron chi connectivity index (χ1n) is 8.89. The van der Waals surface area contributed by atoms with Gasteiger partial charge in [-0.25, -0.2) is 0 Å². The van der Waals surface area contributed by atoms with Gasteiger partial charge in [-0.15, -0.1) is 0 Å². The van der Waals surface area contributed by atoms with E-state index in [-0.39, 0.29) is 24.3 Å².